The summed E-state index contributed by atoms with van der Waals surface area (Å²) in [4.78, 5) is 40.4. The van der Waals surface area contributed by atoms with E-state index in [2.05, 4.69) is 15.0 Å². The summed E-state index contributed by atoms with van der Waals surface area (Å²) in [7, 11) is 0. The van der Waals surface area contributed by atoms with E-state index in [1.165, 1.54) is 30.9 Å². The van der Waals surface area contributed by atoms with Gasteiger partial charge >= 0.3 is 5.97 Å². The highest BCUT2D eigenvalue weighted by atomic mass is 19.1. The zero-order chi connectivity index (χ0) is 27.9. The molecule has 0 spiro atoms. The Balaban J connectivity index is 0.00000172. The Morgan fingerprint density at radius 2 is 2.00 bits per heavy atom. The van der Waals surface area contributed by atoms with Gasteiger partial charge in [-0.2, -0.15) is 0 Å². The number of aryl methyl sites for hydroxylation is 1. The highest BCUT2D eigenvalue weighted by Crippen LogP contribution is 2.32. The van der Waals surface area contributed by atoms with Crippen molar-refractivity contribution in [2.45, 2.75) is 46.6 Å². The first-order chi connectivity index (χ1) is 19.0. The first-order valence-electron chi connectivity index (χ1n) is 13.1. The van der Waals surface area contributed by atoms with E-state index in [0.29, 0.717) is 36.1 Å². The molecule has 10 heteroatoms. The van der Waals surface area contributed by atoms with Crippen LogP contribution < -0.4 is 15.1 Å². The zero-order valence-corrected chi connectivity index (χ0v) is 22.6. The number of carbonyl (C=O) groups is 1. The van der Waals surface area contributed by atoms with Crippen molar-refractivity contribution in [1.82, 2.24) is 19.5 Å². The SMILES string of the molecule is CC.CCOC(=O)c1cn(-c2cnccn2)c2cc(N3CCCC3COc3ncccc3C)c(F)cc2c1=O. The number of fused-ring (bicyclic) bond motifs is 1. The Morgan fingerprint density at radius 3 is 2.72 bits per heavy atom. The maximum absolute atomic E-state index is 15.6. The lowest BCUT2D eigenvalue weighted by Crippen LogP contribution is -2.35. The van der Waals surface area contributed by atoms with E-state index in [1.807, 2.05) is 37.8 Å². The fourth-order valence-electron chi connectivity index (χ4n) is 4.64. The van der Waals surface area contributed by atoms with E-state index >= 15 is 4.39 Å². The van der Waals surface area contributed by atoms with Gasteiger partial charge in [0.05, 0.1) is 35.4 Å². The molecule has 0 saturated carbocycles. The molecule has 0 N–H and O–H groups in total. The predicted octanol–water partition coefficient (Wildman–Crippen LogP) is 4.87. The quantitative estimate of drug-likeness (QED) is 0.310. The van der Waals surface area contributed by atoms with Gasteiger partial charge in [-0.05, 0) is 44.9 Å². The predicted molar refractivity (Wildman–Crippen MR) is 147 cm³/mol. The monoisotopic (exact) mass is 533 g/mol. The summed E-state index contributed by atoms with van der Waals surface area (Å²) in [6, 6.07) is 6.50. The van der Waals surface area contributed by atoms with E-state index in [9.17, 15) is 9.59 Å². The van der Waals surface area contributed by atoms with E-state index in [1.54, 1.807) is 23.8 Å². The first-order valence-corrected chi connectivity index (χ1v) is 13.1. The third-order valence-electron chi connectivity index (χ3n) is 6.42. The number of benzene rings is 1. The standard InChI is InChI=1S/C27H26FN5O4.C2H6/c1-3-36-27(35)20-15-33(24-14-29-9-10-30-24)22-13-23(21(28)12-19(22)25(20)34)32-11-5-7-18(32)16-37-26-17(2)6-4-8-31-26;1-2/h4,6,8-10,12-15,18H,3,5,7,11,16H2,1-2H3;1-2H3. The van der Waals surface area contributed by atoms with Crippen LogP contribution in [0.5, 0.6) is 5.88 Å². The molecular weight excluding hydrogens is 501 g/mol. The molecule has 5 rings (SSSR count). The average Bonchev–Trinajstić information content (AvgIpc) is 3.43. The zero-order valence-electron chi connectivity index (χ0n) is 22.6. The number of hydrogen-bond donors (Lipinski definition) is 0. The van der Waals surface area contributed by atoms with Gasteiger partial charge in [-0.1, -0.05) is 19.9 Å². The molecule has 3 aromatic heterocycles. The molecule has 1 saturated heterocycles. The van der Waals surface area contributed by atoms with Crippen molar-refractivity contribution >= 4 is 22.6 Å². The number of anilines is 1. The molecule has 204 valence electrons. The van der Waals surface area contributed by atoms with Crippen molar-refractivity contribution in [2.24, 2.45) is 0 Å². The van der Waals surface area contributed by atoms with E-state index < -0.39 is 17.2 Å². The summed E-state index contributed by atoms with van der Waals surface area (Å²) in [5, 5.41) is 0.0496. The van der Waals surface area contributed by atoms with Gasteiger partial charge in [0.2, 0.25) is 11.3 Å². The summed E-state index contributed by atoms with van der Waals surface area (Å²) in [6.07, 6.45) is 9.26. The fourth-order valence-corrected chi connectivity index (χ4v) is 4.64. The van der Waals surface area contributed by atoms with Gasteiger partial charge in [0, 0.05) is 36.9 Å². The normalized spacial score (nSPS) is 14.6. The fraction of sp³-hybridized carbons (Fsp3) is 0.345. The van der Waals surface area contributed by atoms with Crippen LogP contribution >= 0.6 is 0 Å². The number of pyridine rings is 2. The third-order valence-corrected chi connectivity index (χ3v) is 6.42. The summed E-state index contributed by atoms with van der Waals surface area (Å²) in [5.41, 5.74) is 0.866. The maximum atomic E-state index is 15.6. The Labute approximate surface area is 226 Å². The molecule has 1 aromatic carbocycles. The molecule has 9 nitrogen and oxygen atoms in total. The molecular formula is C29H32FN5O4. The molecule has 1 aliphatic rings. The van der Waals surface area contributed by atoms with Crippen LogP contribution in [0.1, 0.15) is 49.5 Å². The van der Waals surface area contributed by atoms with Crippen molar-refractivity contribution in [3.63, 3.8) is 0 Å². The molecule has 0 bridgehead atoms. The summed E-state index contributed by atoms with van der Waals surface area (Å²) in [6.45, 7) is 8.65. The van der Waals surface area contributed by atoms with Crippen molar-refractivity contribution < 1.29 is 18.7 Å². The molecule has 1 aliphatic heterocycles. The van der Waals surface area contributed by atoms with Crippen LogP contribution in [0.25, 0.3) is 16.7 Å². The molecule has 0 radical (unpaired) electrons. The average molecular weight is 534 g/mol. The van der Waals surface area contributed by atoms with Gasteiger partial charge in [-0.15, -0.1) is 0 Å². The number of nitrogens with zero attached hydrogens (tertiary/aromatic N) is 5. The molecule has 4 aromatic rings. The van der Waals surface area contributed by atoms with Gasteiger partial charge in [0.25, 0.3) is 0 Å². The van der Waals surface area contributed by atoms with E-state index in [0.717, 1.165) is 18.4 Å². The highest BCUT2D eigenvalue weighted by molar-refractivity contribution is 5.95. The summed E-state index contributed by atoms with van der Waals surface area (Å²) in [5.74, 6) is -0.408. The lowest BCUT2D eigenvalue weighted by molar-refractivity contribution is 0.0524. The first kappa shape index (κ1) is 27.7. The van der Waals surface area contributed by atoms with Crippen molar-refractivity contribution in [1.29, 1.82) is 0 Å². The van der Waals surface area contributed by atoms with Crippen LogP contribution in [0.15, 0.2) is 60.0 Å². The minimum absolute atomic E-state index is 0.0496. The Hall–Kier alpha value is -4.34. The van der Waals surface area contributed by atoms with Gasteiger partial charge < -0.3 is 14.4 Å². The second-order valence-corrected chi connectivity index (χ2v) is 8.77. The minimum Gasteiger partial charge on any atom is -0.475 e. The van der Waals surface area contributed by atoms with Gasteiger partial charge in [-0.3, -0.25) is 14.3 Å². The number of carbonyl (C=O) groups excluding carboxylic acids is 1. The summed E-state index contributed by atoms with van der Waals surface area (Å²) < 4.78 is 28.2. The Bertz CT molecular complexity index is 1510. The molecule has 0 aliphatic carbocycles. The van der Waals surface area contributed by atoms with Gasteiger partial charge in [-0.25, -0.2) is 19.2 Å². The smallest absolute Gasteiger partial charge is 0.343 e. The van der Waals surface area contributed by atoms with Crippen LogP contribution in [-0.4, -0.2) is 51.3 Å². The number of esters is 1. The van der Waals surface area contributed by atoms with Crippen LogP contribution in [0.3, 0.4) is 0 Å². The second-order valence-electron chi connectivity index (χ2n) is 8.77. The van der Waals surface area contributed by atoms with Crippen molar-refractivity contribution in [3.05, 3.63) is 82.4 Å². The van der Waals surface area contributed by atoms with E-state index in [-0.39, 0.29) is 23.6 Å². The lowest BCUT2D eigenvalue weighted by atomic mass is 10.1. The van der Waals surface area contributed by atoms with Crippen molar-refractivity contribution in [2.75, 3.05) is 24.7 Å². The van der Waals surface area contributed by atoms with E-state index in [4.69, 9.17) is 9.47 Å². The Morgan fingerprint density at radius 1 is 1.18 bits per heavy atom. The third kappa shape index (κ3) is 5.74. The molecule has 1 unspecified atom stereocenters. The molecule has 4 heterocycles. The number of hydrogen-bond acceptors (Lipinski definition) is 8. The van der Waals surface area contributed by atoms with Crippen LogP contribution in [0.2, 0.25) is 0 Å². The summed E-state index contributed by atoms with van der Waals surface area (Å²) >= 11 is 0. The second kappa shape index (κ2) is 12.5. The molecule has 0 amide bonds. The van der Waals surface area contributed by atoms with Crippen LogP contribution in [0.4, 0.5) is 10.1 Å². The molecule has 39 heavy (non-hydrogen) atoms. The number of ether oxygens (including phenoxy) is 2. The van der Waals surface area contributed by atoms with Gasteiger partial charge in [0.1, 0.15) is 18.0 Å². The maximum Gasteiger partial charge on any atom is 0.343 e. The topological polar surface area (TPSA) is 99.4 Å². The largest absolute Gasteiger partial charge is 0.475 e. The number of halogens is 1. The van der Waals surface area contributed by atoms with Crippen LogP contribution in [0, 0.1) is 12.7 Å². The molecule has 1 fully saturated rings. The van der Waals surface area contributed by atoms with Gasteiger partial charge in [0.15, 0.2) is 5.82 Å². The highest BCUT2D eigenvalue weighted by Gasteiger charge is 2.29. The van der Waals surface area contributed by atoms with Crippen LogP contribution in [-0.2, 0) is 4.74 Å². The number of rotatable bonds is 7. The van der Waals surface area contributed by atoms with Crippen molar-refractivity contribution in [3.8, 4) is 11.7 Å². The Kier molecular flexibility index (Phi) is 8.85. The lowest BCUT2D eigenvalue weighted by Gasteiger charge is -2.28. The minimum atomic E-state index is -0.780. The number of aromatic nitrogens is 4. The molecule has 1 atom stereocenters.